The molecule has 0 unspecified atom stereocenters. The van der Waals surface area contributed by atoms with Crippen LogP contribution >= 0.6 is 15.9 Å². The fraction of sp³-hybridized carbons (Fsp3) is 0.143. The van der Waals surface area contributed by atoms with Crippen LogP contribution in [0.15, 0.2) is 22.7 Å². The van der Waals surface area contributed by atoms with E-state index in [4.69, 9.17) is 0 Å². The molecule has 0 radical (unpaired) electrons. The summed E-state index contributed by atoms with van der Waals surface area (Å²) in [5.74, 6) is 0. The summed E-state index contributed by atoms with van der Waals surface area (Å²) < 4.78 is 1.20. The fourth-order valence-electron chi connectivity index (χ4n) is 0.698. The topological polar surface area (TPSA) is 0 Å². The van der Waals surface area contributed by atoms with Gasteiger partial charge in [0.05, 0.1) is 0 Å². The van der Waals surface area contributed by atoms with Crippen LogP contribution in [-0.2, 0) is 0 Å². The van der Waals surface area contributed by atoms with Gasteiger partial charge in [0.15, 0.2) is 0 Å². The first-order valence-electron chi connectivity index (χ1n) is 2.93. The van der Waals surface area contributed by atoms with Crippen LogP contribution in [0.3, 0.4) is 0 Å². The van der Waals surface area contributed by atoms with Crippen molar-refractivity contribution in [3.05, 3.63) is 28.2 Å². The zero-order valence-electron chi connectivity index (χ0n) is 5.61. The van der Waals surface area contributed by atoms with Crippen molar-refractivity contribution in [3.8, 4) is 0 Å². The molecule has 0 amide bonds. The van der Waals surface area contributed by atoms with E-state index in [0.717, 1.165) is 0 Å². The van der Waals surface area contributed by atoms with E-state index < -0.39 is 0 Å². The molecule has 0 aliphatic carbocycles. The molecule has 0 aliphatic rings. The zero-order valence-corrected chi connectivity index (χ0v) is 7.20. The lowest BCUT2D eigenvalue weighted by molar-refractivity contribution is 1.47. The Hall–Kier alpha value is -0.235. The summed E-state index contributed by atoms with van der Waals surface area (Å²) in [7, 11) is 2.09. The third-order valence-corrected chi connectivity index (χ3v) is 2.18. The van der Waals surface area contributed by atoms with Gasteiger partial charge in [0.1, 0.15) is 7.85 Å². The summed E-state index contributed by atoms with van der Waals surface area (Å²) in [6.07, 6.45) is 0. The molecule has 0 saturated carbocycles. The predicted molar refractivity (Wildman–Crippen MR) is 47.1 cm³/mol. The average Bonchev–Trinajstić information content (AvgIpc) is 1.80. The molecule has 0 bridgehead atoms. The Morgan fingerprint density at radius 3 is 2.56 bits per heavy atom. The number of hydrogen-bond acceptors (Lipinski definition) is 0. The van der Waals surface area contributed by atoms with Gasteiger partial charge in [0.2, 0.25) is 0 Å². The van der Waals surface area contributed by atoms with Crippen molar-refractivity contribution in [2.75, 3.05) is 0 Å². The van der Waals surface area contributed by atoms with Gasteiger partial charge in [0.25, 0.3) is 0 Å². The molecule has 46 valence electrons. The quantitative estimate of drug-likeness (QED) is 0.526. The Bertz CT molecular complexity index is 220. The van der Waals surface area contributed by atoms with Crippen molar-refractivity contribution < 1.29 is 0 Å². The lowest BCUT2D eigenvalue weighted by Crippen LogP contribution is -2.02. The first-order valence-corrected chi connectivity index (χ1v) is 3.72. The fourth-order valence-corrected chi connectivity index (χ4v) is 1.19. The molecular weight excluding hydrogens is 175 g/mol. The van der Waals surface area contributed by atoms with Gasteiger partial charge in [-0.15, -0.1) is 0 Å². The van der Waals surface area contributed by atoms with E-state index in [2.05, 4.69) is 48.9 Å². The van der Waals surface area contributed by atoms with Crippen LogP contribution in [0.4, 0.5) is 0 Å². The van der Waals surface area contributed by atoms with Gasteiger partial charge in [-0.05, 0) is 13.0 Å². The minimum atomic E-state index is 1.20. The normalized spacial score (nSPS) is 9.56. The van der Waals surface area contributed by atoms with Gasteiger partial charge in [-0.2, -0.15) is 0 Å². The SMILES string of the molecule is Bc1ccc(C)cc1Br. The largest absolute Gasteiger partial charge is 0.140 e. The van der Waals surface area contributed by atoms with Crippen molar-refractivity contribution in [2.45, 2.75) is 6.92 Å². The first-order chi connectivity index (χ1) is 4.20. The van der Waals surface area contributed by atoms with Crippen molar-refractivity contribution >= 4 is 29.2 Å². The van der Waals surface area contributed by atoms with Gasteiger partial charge >= 0.3 is 0 Å². The van der Waals surface area contributed by atoms with E-state index in [9.17, 15) is 0 Å². The van der Waals surface area contributed by atoms with Gasteiger partial charge in [-0.25, -0.2) is 0 Å². The third-order valence-electron chi connectivity index (χ3n) is 1.33. The monoisotopic (exact) mass is 182 g/mol. The van der Waals surface area contributed by atoms with Gasteiger partial charge < -0.3 is 0 Å². The smallest absolute Gasteiger partial charge is 0.0750 e. The summed E-state index contributed by atoms with van der Waals surface area (Å²) in [5, 5.41) is 0. The zero-order chi connectivity index (χ0) is 6.85. The summed E-state index contributed by atoms with van der Waals surface area (Å²) >= 11 is 3.45. The molecule has 0 spiro atoms. The Labute approximate surface area is 64.8 Å². The maximum Gasteiger partial charge on any atom is 0.140 e. The van der Waals surface area contributed by atoms with Gasteiger partial charge in [-0.1, -0.05) is 39.1 Å². The minimum absolute atomic E-state index is 1.20. The molecule has 1 rings (SSSR count). The summed E-state index contributed by atoms with van der Waals surface area (Å²) in [6, 6.07) is 6.34. The van der Waals surface area contributed by atoms with E-state index in [1.807, 2.05) is 0 Å². The molecule has 9 heavy (non-hydrogen) atoms. The Balaban J connectivity index is 3.17. The van der Waals surface area contributed by atoms with Crippen LogP contribution in [0.5, 0.6) is 0 Å². The van der Waals surface area contributed by atoms with Crippen LogP contribution < -0.4 is 5.46 Å². The van der Waals surface area contributed by atoms with Crippen molar-refractivity contribution in [1.82, 2.24) is 0 Å². The minimum Gasteiger partial charge on any atom is -0.0750 e. The molecule has 0 aromatic heterocycles. The van der Waals surface area contributed by atoms with E-state index in [0.29, 0.717) is 0 Å². The maximum atomic E-state index is 3.45. The van der Waals surface area contributed by atoms with Crippen LogP contribution in [0, 0.1) is 6.92 Å². The molecule has 1 aromatic carbocycles. The lowest BCUT2D eigenvalue weighted by Gasteiger charge is -1.96. The molecular formula is C7H8BBr. The van der Waals surface area contributed by atoms with E-state index in [-0.39, 0.29) is 0 Å². The first kappa shape index (κ1) is 6.88. The molecule has 0 N–H and O–H groups in total. The molecule has 1 aromatic rings. The molecule has 0 nitrogen and oxygen atoms in total. The number of rotatable bonds is 0. The molecule has 0 heterocycles. The second kappa shape index (κ2) is 2.57. The highest BCUT2D eigenvalue weighted by Gasteiger charge is 1.90. The highest BCUT2D eigenvalue weighted by atomic mass is 79.9. The third kappa shape index (κ3) is 1.58. The van der Waals surface area contributed by atoms with Crippen molar-refractivity contribution in [2.24, 2.45) is 0 Å². The predicted octanol–water partition coefficient (Wildman–Crippen LogP) is 1.02. The number of benzene rings is 1. The Morgan fingerprint density at radius 2 is 2.11 bits per heavy atom. The van der Waals surface area contributed by atoms with E-state index in [1.165, 1.54) is 15.5 Å². The lowest BCUT2D eigenvalue weighted by atomic mass is 9.96. The average molecular weight is 183 g/mol. The van der Waals surface area contributed by atoms with Gasteiger partial charge in [0, 0.05) is 4.47 Å². The molecule has 2 heteroatoms. The standard InChI is InChI=1S/C7H8BBr/c1-5-2-3-6(8)7(9)4-5/h2-4H,8H2,1H3. The number of aryl methyl sites for hydroxylation is 1. The highest BCUT2D eigenvalue weighted by molar-refractivity contribution is 9.10. The van der Waals surface area contributed by atoms with E-state index in [1.54, 1.807) is 0 Å². The van der Waals surface area contributed by atoms with Crippen molar-refractivity contribution in [3.63, 3.8) is 0 Å². The Kier molecular flexibility index (Phi) is 1.96. The second-order valence-corrected chi connectivity index (χ2v) is 3.11. The molecule has 0 aliphatic heterocycles. The van der Waals surface area contributed by atoms with Crippen LogP contribution in [0.2, 0.25) is 0 Å². The van der Waals surface area contributed by atoms with E-state index >= 15 is 0 Å². The highest BCUT2D eigenvalue weighted by Crippen LogP contribution is 2.06. The Morgan fingerprint density at radius 1 is 1.44 bits per heavy atom. The molecule has 0 fully saturated rings. The maximum absolute atomic E-state index is 3.45. The van der Waals surface area contributed by atoms with Gasteiger partial charge in [-0.3, -0.25) is 0 Å². The van der Waals surface area contributed by atoms with Crippen LogP contribution in [0.1, 0.15) is 5.56 Å². The van der Waals surface area contributed by atoms with Crippen LogP contribution in [-0.4, -0.2) is 7.85 Å². The van der Waals surface area contributed by atoms with Crippen LogP contribution in [0.25, 0.3) is 0 Å². The number of hydrogen-bond donors (Lipinski definition) is 0. The summed E-state index contributed by atoms with van der Waals surface area (Å²) in [4.78, 5) is 0. The summed E-state index contributed by atoms with van der Waals surface area (Å²) in [5.41, 5.74) is 2.59. The van der Waals surface area contributed by atoms with Crippen molar-refractivity contribution in [1.29, 1.82) is 0 Å². The molecule has 0 atom stereocenters. The molecule has 0 saturated heterocycles. The summed E-state index contributed by atoms with van der Waals surface area (Å²) in [6.45, 7) is 2.09. The number of halogens is 1. The second-order valence-electron chi connectivity index (χ2n) is 2.25.